The number of nitrogens with zero attached hydrogens (tertiary/aromatic N) is 2. The van der Waals surface area contributed by atoms with Crippen molar-refractivity contribution in [3.05, 3.63) is 52.1 Å². The standard InChI is InChI=1S/C13H12BrN3O2/c1-8-6-7-9(12(15)17-18)13(16-8)19-11-5-3-2-4-10(11)14/h2-7,18H,1H3,(H2,15,17). The van der Waals surface area contributed by atoms with E-state index in [2.05, 4.69) is 26.1 Å². The molecule has 2 rings (SSSR count). The maximum absolute atomic E-state index is 8.77. The number of aryl methyl sites for hydroxylation is 1. The molecule has 0 fully saturated rings. The van der Waals surface area contributed by atoms with E-state index in [0.29, 0.717) is 17.2 Å². The predicted molar refractivity (Wildman–Crippen MR) is 75.7 cm³/mol. The van der Waals surface area contributed by atoms with Crippen molar-refractivity contribution in [3.63, 3.8) is 0 Å². The lowest BCUT2D eigenvalue weighted by Crippen LogP contribution is -2.15. The zero-order valence-electron chi connectivity index (χ0n) is 10.2. The van der Waals surface area contributed by atoms with Crippen molar-refractivity contribution >= 4 is 21.8 Å². The number of rotatable bonds is 3. The highest BCUT2D eigenvalue weighted by molar-refractivity contribution is 9.10. The topological polar surface area (TPSA) is 80.7 Å². The fraction of sp³-hybridized carbons (Fsp3) is 0.0769. The van der Waals surface area contributed by atoms with Crippen molar-refractivity contribution < 1.29 is 9.94 Å². The Kier molecular flexibility index (Phi) is 4.01. The summed E-state index contributed by atoms with van der Waals surface area (Å²) in [6.45, 7) is 1.84. The van der Waals surface area contributed by atoms with Gasteiger partial charge in [-0.15, -0.1) is 0 Å². The molecule has 3 N–H and O–H groups in total. The predicted octanol–water partition coefficient (Wildman–Crippen LogP) is 3.04. The largest absolute Gasteiger partial charge is 0.437 e. The molecule has 98 valence electrons. The Morgan fingerprint density at radius 3 is 2.74 bits per heavy atom. The molecule has 1 aromatic carbocycles. The Morgan fingerprint density at radius 2 is 2.05 bits per heavy atom. The quantitative estimate of drug-likeness (QED) is 0.394. The molecule has 0 spiro atoms. The molecule has 0 amide bonds. The number of benzene rings is 1. The number of hydrogen-bond acceptors (Lipinski definition) is 4. The second-order valence-electron chi connectivity index (χ2n) is 3.82. The molecule has 0 aliphatic rings. The SMILES string of the molecule is Cc1ccc(C(N)=NO)c(Oc2ccccc2Br)n1. The highest BCUT2D eigenvalue weighted by Gasteiger charge is 2.12. The lowest BCUT2D eigenvalue weighted by atomic mass is 10.2. The van der Waals surface area contributed by atoms with Crippen LogP contribution in [0.2, 0.25) is 0 Å². The van der Waals surface area contributed by atoms with Crippen molar-refractivity contribution in [1.82, 2.24) is 4.98 Å². The van der Waals surface area contributed by atoms with Crippen LogP contribution in [0, 0.1) is 6.92 Å². The molecular weight excluding hydrogens is 310 g/mol. The van der Waals surface area contributed by atoms with Gasteiger partial charge in [-0.3, -0.25) is 0 Å². The summed E-state index contributed by atoms with van der Waals surface area (Å²) in [5.41, 5.74) is 6.81. The molecule has 0 bridgehead atoms. The normalized spacial score (nSPS) is 11.4. The molecule has 0 radical (unpaired) electrons. The first-order valence-corrected chi connectivity index (χ1v) is 6.29. The second-order valence-corrected chi connectivity index (χ2v) is 4.68. The summed E-state index contributed by atoms with van der Waals surface area (Å²) >= 11 is 3.39. The van der Waals surface area contributed by atoms with Crippen molar-refractivity contribution in [2.75, 3.05) is 0 Å². The van der Waals surface area contributed by atoms with Crippen LogP contribution in [0.5, 0.6) is 11.6 Å². The van der Waals surface area contributed by atoms with Gasteiger partial charge in [0.05, 0.1) is 10.0 Å². The van der Waals surface area contributed by atoms with Crippen LogP contribution in [-0.4, -0.2) is 16.0 Å². The highest BCUT2D eigenvalue weighted by Crippen LogP contribution is 2.30. The van der Waals surface area contributed by atoms with Gasteiger partial charge in [-0.2, -0.15) is 0 Å². The van der Waals surface area contributed by atoms with Gasteiger partial charge in [-0.05, 0) is 47.1 Å². The fourth-order valence-corrected chi connectivity index (χ4v) is 1.86. The number of aromatic nitrogens is 1. The van der Waals surface area contributed by atoms with Gasteiger partial charge in [0.2, 0.25) is 5.88 Å². The number of oxime groups is 1. The summed E-state index contributed by atoms with van der Waals surface area (Å²) in [5.74, 6) is 0.851. The van der Waals surface area contributed by atoms with Crippen molar-refractivity contribution in [2.45, 2.75) is 6.92 Å². The van der Waals surface area contributed by atoms with E-state index >= 15 is 0 Å². The first kappa shape index (κ1) is 13.4. The van der Waals surface area contributed by atoms with E-state index in [1.807, 2.05) is 25.1 Å². The molecule has 19 heavy (non-hydrogen) atoms. The number of amidine groups is 1. The molecule has 0 atom stereocenters. The van der Waals surface area contributed by atoms with Crippen LogP contribution in [0.25, 0.3) is 0 Å². The van der Waals surface area contributed by atoms with Gasteiger partial charge in [-0.25, -0.2) is 4.98 Å². The maximum Gasteiger partial charge on any atom is 0.230 e. The Balaban J connectivity index is 2.44. The van der Waals surface area contributed by atoms with Gasteiger partial charge in [0, 0.05) is 5.69 Å². The van der Waals surface area contributed by atoms with Gasteiger partial charge in [-0.1, -0.05) is 17.3 Å². The number of halogens is 1. The van der Waals surface area contributed by atoms with Crippen LogP contribution in [0.15, 0.2) is 46.0 Å². The number of pyridine rings is 1. The molecule has 0 unspecified atom stereocenters. The summed E-state index contributed by atoms with van der Waals surface area (Å²) in [6.07, 6.45) is 0. The molecule has 5 nitrogen and oxygen atoms in total. The summed E-state index contributed by atoms with van der Waals surface area (Å²) in [7, 11) is 0. The Hall–Kier alpha value is -2.08. The van der Waals surface area contributed by atoms with Gasteiger partial charge in [0.25, 0.3) is 0 Å². The van der Waals surface area contributed by atoms with E-state index in [0.717, 1.165) is 10.2 Å². The number of nitrogens with two attached hydrogens (primary N) is 1. The molecule has 6 heteroatoms. The molecule has 0 aliphatic heterocycles. The molecule has 0 aliphatic carbocycles. The monoisotopic (exact) mass is 321 g/mol. The molecule has 2 aromatic rings. The van der Waals surface area contributed by atoms with Gasteiger partial charge >= 0.3 is 0 Å². The molecule has 0 saturated carbocycles. The van der Waals surface area contributed by atoms with E-state index < -0.39 is 0 Å². The molecule has 1 aromatic heterocycles. The molecule has 1 heterocycles. The molecular formula is C13H12BrN3O2. The summed E-state index contributed by atoms with van der Waals surface area (Å²) in [4.78, 5) is 4.26. The third-order valence-electron chi connectivity index (χ3n) is 2.43. The lowest BCUT2D eigenvalue weighted by molar-refractivity contribution is 0.318. The van der Waals surface area contributed by atoms with Crippen LogP contribution < -0.4 is 10.5 Å². The minimum atomic E-state index is -0.0467. The summed E-state index contributed by atoms with van der Waals surface area (Å²) < 4.78 is 6.51. The van der Waals surface area contributed by atoms with Crippen molar-refractivity contribution in [2.24, 2.45) is 10.9 Å². The Labute approximate surface area is 118 Å². The van der Waals surface area contributed by atoms with E-state index in [9.17, 15) is 0 Å². The Morgan fingerprint density at radius 1 is 1.32 bits per heavy atom. The fourth-order valence-electron chi connectivity index (χ4n) is 1.49. The summed E-state index contributed by atoms with van der Waals surface area (Å²) in [5, 5.41) is 11.7. The van der Waals surface area contributed by atoms with Crippen LogP contribution in [-0.2, 0) is 0 Å². The first-order valence-electron chi connectivity index (χ1n) is 5.49. The average molecular weight is 322 g/mol. The maximum atomic E-state index is 8.77. The van der Waals surface area contributed by atoms with Gasteiger partial charge < -0.3 is 15.7 Å². The van der Waals surface area contributed by atoms with Crippen molar-refractivity contribution in [3.8, 4) is 11.6 Å². The minimum absolute atomic E-state index is 0.0467. The smallest absolute Gasteiger partial charge is 0.230 e. The van der Waals surface area contributed by atoms with Crippen LogP contribution in [0.4, 0.5) is 0 Å². The number of ether oxygens (including phenoxy) is 1. The molecule has 0 saturated heterocycles. The van der Waals surface area contributed by atoms with Crippen LogP contribution >= 0.6 is 15.9 Å². The zero-order chi connectivity index (χ0) is 13.8. The Bertz CT molecular complexity index is 629. The van der Waals surface area contributed by atoms with E-state index in [-0.39, 0.29) is 5.84 Å². The third-order valence-corrected chi connectivity index (χ3v) is 3.08. The van der Waals surface area contributed by atoms with E-state index in [1.54, 1.807) is 18.2 Å². The van der Waals surface area contributed by atoms with Gasteiger partial charge in [0.15, 0.2) is 5.84 Å². The average Bonchev–Trinajstić information content (AvgIpc) is 2.41. The number of hydrogen-bond donors (Lipinski definition) is 2. The zero-order valence-corrected chi connectivity index (χ0v) is 11.8. The van der Waals surface area contributed by atoms with Crippen LogP contribution in [0.3, 0.4) is 0 Å². The van der Waals surface area contributed by atoms with Gasteiger partial charge in [0.1, 0.15) is 5.75 Å². The van der Waals surface area contributed by atoms with Crippen molar-refractivity contribution in [1.29, 1.82) is 0 Å². The van der Waals surface area contributed by atoms with Crippen LogP contribution in [0.1, 0.15) is 11.3 Å². The minimum Gasteiger partial charge on any atom is -0.437 e. The third kappa shape index (κ3) is 3.03. The van der Waals surface area contributed by atoms with E-state index in [4.69, 9.17) is 15.7 Å². The second kappa shape index (κ2) is 5.71. The van der Waals surface area contributed by atoms with E-state index in [1.165, 1.54) is 0 Å². The lowest BCUT2D eigenvalue weighted by Gasteiger charge is -2.11. The number of para-hydroxylation sites is 1. The highest BCUT2D eigenvalue weighted by atomic mass is 79.9. The first-order chi connectivity index (χ1) is 9.11. The summed E-state index contributed by atoms with van der Waals surface area (Å²) in [6, 6.07) is 10.8.